The number of carbonyl (C=O) groups excluding carboxylic acids is 2. The van der Waals surface area contributed by atoms with Crippen LogP contribution in [0.15, 0.2) is 77.7 Å². The van der Waals surface area contributed by atoms with Crippen LogP contribution in [0.3, 0.4) is 0 Å². The summed E-state index contributed by atoms with van der Waals surface area (Å²) in [7, 11) is -3.77. The van der Waals surface area contributed by atoms with Gasteiger partial charge < -0.3 is 15.4 Å². The van der Waals surface area contributed by atoms with E-state index in [0.717, 1.165) is 17.5 Å². The van der Waals surface area contributed by atoms with Gasteiger partial charge in [0.05, 0.1) is 17.9 Å². The number of benzene rings is 3. The van der Waals surface area contributed by atoms with Gasteiger partial charge in [0.1, 0.15) is 0 Å². The van der Waals surface area contributed by atoms with Crippen molar-refractivity contribution in [2.45, 2.75) is 44.4 Å². The smallest absolute Gasteiger partial charge is 0.306 e. The monoisotopic (exact) mass is 553 g/mol. The van der Waals surface area contributed by atoms with E-state index < -0.39 is 21.9 Å². The molecule has 0 aliphatic heterocycles. The van der Waals surface area contributed by atoms with E-state index in [1.165, 1.54) is 17.7 Å². The minimum atomic E-state index is -3.77. The molecule has 0 unspecified atom stereocenters. The van der Waals surface area contributed by atoms with Crippen molar-refractivity contribution in [1.29, 1.82) is 0 Å². The quantitative estimate of drug-likeness (QED) is 0.176. The molecule has 3 aromatic rings. The van der Waals surface area contributed by atoms with Gasteiger partial charge in [-0.15, -0.1) is 0 Å². The standard InChI is InChI=1S/C28H31N3O5S2/c1-20-10-11-24(19-21(20)2)31-38(34,35)25-14-12-23(13-15-25)29-28(37)30-26(32)16-17-27(33)36-18-6-9-22-7-4-3-5-8-22/h3-5,7-8,10-15,19,31H,6,9,16-18H2,1-2H3,(H2,29,30,32,37). The lowest BCUT2D eigenvalue weighted by atomic mass is 10.1. The summed E-state index contributed by atoms with van der Waals surface area (Å²) in [5, 5.41) is 5.37. The Bertz CT molecular complexity index is 1380. The lowest BCUT2D eigenvalue weighted by Gasteiger charge is -2.12. The summed E-state index contributed by atoms with van der Waals surface area (Å²) >= 11 is 5.15. The lowest BCUT2D eigenvalue weighted by Crippen LogP contribution is -2.34. The number of hydrogen-bond acceptors (Lipinski definition) is 6. The highest BCUT2D eigenvalue weighted by molar-refractivity contribution is 7.92. The minimum absolute atomic E-state index is 0.0371. The van der Waals surface area contributed by atoms with Gasteiger partial charge in [0.2, 0.25) is 5.91 Å². The highest BCUT2D eigenvalue weighted by atomic mass is 32.2. The molecule has 200 valence electrons. The molecule has 0 aromatic heterocycles. The van der Waals surface area contributed by atoms with E-state index in [9.17, 15) is 18.0 Å². The summed E-state index contributed by atoms with van der Waals surface area (Å²) in [5.74, 6) is -0.876. The largest absolute Gasteiger partial charge is 0.466 e. The molecule has 0 atom stereocenters. The maximum atomic E-state index is 12.7. The summed E-state index contributed by atoms with van der Waals surface area (Å²) in [4.78, 5) is 24.1. The number of thiocarbonyl (C=S) groups is 1. The molecule has 8 nitrogen and oxygen atoms in total. The van der Waals surface area contributed by atoms with Crippen molar-refractivity contribution >= 4 is 50.6 Å². The Labute approximate surface area is 228 Å². The molecule has 10 heteroatoms. The van der Waals surface area contributed by atoms with Gasteiger partial charge in [0.15, 0.2) is 5.11 Å². The third kappa shape index (κ3) is 9.28. The molecule has 38 heavy (non-hydrogen) atoms. The first-order valence-corrected chi connectivity index (χ1v) is 14.0. The zero-order valence-electron chi connectivity index (χ0n) is 21.3. The van der Waals surface area contributed by atoms with Gasteiger partial charge >= 0.3 is 5.97 Å². The molecule has 0 fully saturated rings. The Hall–Kier alpha value is -3.76. The molecule has 0 heterocycles. The second-order valence-corrected chi connectivity index (χ2v) is 10.8. The molecule has 3 N–H and O–H groups in total. The van der Waals surface area contributed by atoms with E-state index in [1.54, 1.807) is 24.3 Å². The van der Waals surface area contributed by atoms with Gasteiger partial charge in [0.25, 0.3) is 10.0 Å². The van der Waals surface area contributed by atoms with E-state index in [0.29, 0.717) is 24.4 Å². The molecule has 0 radical (unpaired) electrons. The Morgan fingerprint density at radius 2 is 1.55 bits per heavy atom. The zero-order valence-corrected chi connectivity index (χ0v) is 23.0. The summed E-state index contributed by atoms with van der Waals surface area (Å²) < 4.78 is 33.1. The van der Waals surface area contributed by atoms with Gasteiger partial charge in [-0.05, 0) is 92.0 Å². The van der Waals surface area contributed by atoms with Crippen molar-refractivity contribution in [3.05, 3.63) is 89.5 Å². The van der Waals surface area contributed by atoms with Gasteiger partial charge in [-0.2, -0.15) is 0 Å². The fraction of sp³-hybridized carbons (Fsp3) is 0.250. The molecule has 0 aliphatic rings. The highest BCUT2D eigenvalue weighted by Gasteiger charge is 2.15. The minimum Gasteiger partial charge on any atom is -0.466 e. The zero-order chi connectivity index (χ0) is 27.5. The normalized spacial score (nSPS) is 10.9. The summed E-state index contributed by atoms with van der Waals surface area (Å²) in [6.45, 7) is 4.16. The second kappa shape index (κ2) is 13.7. The number of nitrogens with one attached hydrogen (secondary N) is 3. The molecular weight excluding hydrogens is 522 g/mol. The van der Waals surface area contributed by atoms with Crippen molar-refractivity contribution in [2.75, 3.05) is 16.6 Å². The van der Waals surface area contributed by atoms with Crippen LogP contribution in [0, 0.1) is 13.8 Å². The predicted molar refractivity (Wildman–Crippen MR) is 152 cm³/mol. The number of ether oxygens (including phenoxy) is 1. The fourth-order valence-electron chi connectivity index (χ4n) is 3.48. The van der Waals surface area contributed by atoms with E-state index >= 15 is 0 Å². The van der Waals surface area contributed by atoms with Crippen LogP contribution in [0.4, 0.5) is 11.4 Å². The molecule has 0 bridgehead atoms. The van der Waals surface area contributed by atoms with Gasteiger partial charge in [-0.25, -0.2) is 8.42 Å². The van der Waals surface area contributed by atoms with Crippen molar-refractivity contribution in [3.8, 4) is 0 Å². The van der Waals surface area contributed by atoms with Crippen molar-refractivity contribution in [1.82, 2.24) is 5.32 Å². The van der Waals surface area contributed by atoms with Crippen molar-refractivity contribution in [2.24, 2.45) is 0 Å². The van der Waals surface area contributed by atoms with Crippen LogP contribution in [0.2, 0.25) is 0 Å². The highest BCUT2D eigenvalue weighted by Crippen LogP contribution is 2.20. The number of rotatable bonds is 11. The molecule has 0 spiro atoms. The van der Waals surface area contributed by atoms with Crippen molar-refractivity contribution < 1.29 is 22.7 Å². The Morgan fingerprint density at radius 3 is 2.24 bits per heavy atom. The Morgan fingerprint density at radius 1 is 0.868 bits per heavy atom. The number of esters is 1. The number of carbonyl (C=O) groups is 2. The van der Waals surface area contributed by atoms with Gasteiger partial charge in [0, 0.05) is 17.8 Å². The second-order valence-electron chi connectivity index (χ2n) is 8.74. The number of anilines is 2. The van der Waals surface area contributed by atoms with E-state index in [-0.39, 0.29) is 22.8 Å². The molecule has 0 saturated heterocycles. The first-order valence-electron chi connectivity index (χ1n) is 12.1. The van der Waals surface area contributed by atoms with Crippen LogP contribution in [-0.4, -0.2) is 32.0 Å². The Kier molecular flexibility index (Phi) is 10.4. The molecular formula is C28H31N3O5S2. The van der Waals surface area contributed by atoms with Crippen LogP contribution >= 0.6 is 12.2 Å². The number of amides is 1. The van der Waals surface area contributed by atoms with Gasteiger partial charge in [-0.3, -0.25) is 14.3 Å². The maximum Gasteiger partial charge on any atom is 0.306 e. The number of aryl methyl sites for hydroxylation is 3. The molecule has 0 saturated carbocycles. The Balaban J connectivity index is 1.38. The third-order valence-corrected chi connectivity index (χ3v) is 7.31. The SMILES string of the molecule is Cc1ccc(NS(=O)(=O)c2ccc(NC(=S)NC(=O)CCC(=O)OCCCc3ccccc3)cc2)cc1C. The first kappa shape index (κ1) is 28.8. The molecule has 1 amide bonds. The topological polar surface area (TPSA) is 114 Å². The summed E-state index contributed by atoms with van der Waals surface area (Å²) in [5.41, 5.74) is 4.21. The van der Waals surface area contributed by atoms with Crippen LogP contribution in [0.5, 0.6) is 0 Å². The van der Waals surface area contributed by atoms with E-state index in [2.05, 4.69) is 15.4 Å². The summed E-state index contributed by atoms with van der Waals surface area (Å²) in [6.07, 6.45) is 1.39. The van der Waals surface area contributed by atoms with Crippen LogP contribution in [0.25, 0.3) is 0 Å². The lowest BCUT2D eigenvalue weighted by molar-refractivity contribution is -0.145. The van der Waals surface area contributed by atoms with Crippen LogP contribution < -0.4 is 15.4 Å². The average molecular weight is 554 g/mol. The average Bonchev–Trinajstić information content (AvgIpc) is 2.88. The molecule has 3 aromatic carbocycles. The number of hydrogen-bond donors (Lipinski definition) is 3. The third-order valence-electron chi connectivity index (χ3n) is 5.71. The molecule has 0 aliphatic carbocycles. The maximum absolute atomic E-state index is 12.7. The first-order chi connectivity index (χ1) is 18.1. The van der Waals surface area contributed by atoms with E-state index in [1.807, 2.05) is 50.2 Å². The van der Waals surface area contributed by atoms with Crippen LogP contribution in [0.1, 0.15) is 36.0 Å². The van der Waals surface area contributed by atoms with Crippen LogP contribution in [-0.2, 0) is 30.8 Å². The van der Waals surface area contributed by atoms with E-state index in [4.69, 9.17) is 17.0 Å². The van der Waals surface area contributed by atoms with Crippen molar-refractivity contribution in [3.63, 3.8) is 0 Å². The molecule has 3 rings (SSSR count). The fourth-order valence-corrected chi connectivity index (χ4v) is 4.76. The summed E-state index contributed by atoms with van der Waals surface area (Å²) in [6, 6.07) is 21.2. The number of sulfonamides is 1. The van der Waals surface area contributed by atoms with Gasteiger partial charge in [-0.1, -0.05) is 36.4 Å². The predicted octanol–water partition coefficient (Wildman–Crippen LogP) is 4.87.